The molecule has 5 heteroatoms. The van der Waals surface area contributed by atoms with Gasteiger partial charge in [-0.2, -0.15) is 0 Å². The summed E-state index contributed by atoms with van der Waals surface area (Å²) in [4.78, 5) is 23.0. The normalized spacial score (nSPS) is 10.9. The summed E-state index contributed by atoms with van der Waals surface area (Å²) in [7, 11) is 0. The van der Waals surface area contributed by atoms with Gasteiger partial charge in [-0.3, -0.25) is 4.79 Å². The van der Waals surface area contributed by atoms with Crippen molar-refractivity contribution in [2.45, 2.75) is 6.42 Å². The van der Waals surface area contributed by atoms with Crippen LogP contribution in [0.3, 0.4) is 0 Å². The third-order valence-corrected chi connectivity index (χ3v) is 2.64. The van der Waals surface area contributed by atoms with Gasteiger partial charge in [-0.15, -0.1) is 0 Å². The molecule has 0 fully saturated rings. The van der Waals surface area contributed by atoms with E-state index in [1.165, 1.54) is 30.4 Å². The second kappa shape index (κ2) is 6.38. The first-order chi connectivity index (χ1) is 9.36. The van der Waals surface area contributed by atoms with Gasteiger partial charge >= 0.3 is 5.97 Å². The molecule has 0 aliphatic heterocycles. The Balaban J connectivity index is 3.03. The molecule has 0 aliphatic rings. The van der Waals surface area contributed by atoms with Gasteiger partial charge in [0.05, 0.1) is 11.1 Å². The second-order valence-electron chi connectivity index (χ2n) is 4.09. The number of Topliss-reactive ketones (excluding diaryl/α,β-unsaturated/α-hetero) is 1. The largest absolute Gasteiger partial charge is 0.507 e. The number of carboxylic acids is 1. The van der Waals surface area contributed by atoms with Crippen LogP contribution in [0.1, 0.15) is 16.8 Å². The summed E-state index contributed by atoms with van der Waals surface area (Å²) < 4.78 is 0. The number of nitrogen functional groups attached to an aromatic ring is 1. The van der Waals surface area contributed by atoms with Crippen molar-refractivity contribution in [3.8, 4) is 5.75 Å². The standard InChI is InChI=1S/C15H15NO4/c1-3-4-10(9(2)15(19)20)7-13(17)12-6-5-11(16)8-14(12)18/h3-6,8,18H,1-2,7,16H2,(H,19,20)/b10-4-. The number of allylic oxidation sites excluding steroid dienone is 2. The molecule has 1 aromatic carbocycles. The van der Waals surface area contributed by atoms with Crippen LogP contribution in [0.15, 0.2) is 54.7 Å². The van der Waals surface area contributed by atoms with Crippen LogP contribution in [0.2, 0.25) is 0 Å². The van der Waals surface area contributed by atoms with E-state index >= 15 is 0 Å². The van der Waals surface area contributed by atoms with Crippen molar-refractivity contribution < 1.29 is 19.8 Å². The van der Waals surface area contributed by atoms with E-state index in [2.05, 4.69) is 13.2 Å². The molecule has 1 aromatic rings. The van der Waals surface area contributed by atoms with E-state index in [1.807, 2.05) is 0 Å². The molecule has 0 atom stereocenters. The van der Waals surface area contributed by atoms with E-state index in [0.29, 0.717) is 5.69 Å². The monoisotopic (exact) mass is 273 g/mol. The summed E-state index contributed by atoms with van der Waals surface area (Å²) in [5.74, 6) is -1.89. The molecule has 0 saturated carbocycles. The van der Waals surface area contributed by atoms with Crippen molar-refractivity contribution in [3.63, 3.8) is 0 Å². The fourth-order valence-electron chi connectivity index (χ4n) is 1.60. The molecule has 104 valence electrons. The number of rotatable bonds is 6. The molecule has 0 bridgehead atoms. The fourth-order valence-corrected chi connectivity index (χ4v) is 1.60. The zero-order valence-corrected chi connectivity index (χ0v) is 10.8. The lowest BCUT2D eigenvalue weighted by atomic mass is 9.97. The number of carbonyl (C=O) groups is 2. The maximum absolute atomic E-state index is 12.1. The fraction of sp³-hybridized carbons (Fsp3) is 0.0667. The number of carboxylic acid groups (broad SMARTS) is 1. The topological polar surface area (TPSA) is 101 Å². The third kappa shape index (κ3) is 3.58. The van der Waals surface area contributed by atoms with Crippen LogP contribution in [0.25, 0.3) is 0 Å². The minimum atomic E-state index is -1.22. The first-order valence-electron chi connectivity index (χ1n) is 5.72. The highest BCUT2D eigenvalue weighted by molar-refractivity contribution is 6.03. The van der Waals surface area contributed by atoms with Gasteiger partial charge < -0.3 is 15.9 Å². The van der Waals surface area contributed by atoms with Crippen molar-refractivity contribution in [1.29, 1.82) is 0 Å². The number of carbonyl (C=O) groups excluding carboxylic acids is 1. The maximum Gasteiger partial charge on any atom is 0.335 e. The summed E-state index contributed by atoms with van der Waals surface area (Å²) in [6.45, 7) is 6.87. The summed E-state index contributed by atoms with van der Waals surface area (Å²) in [5, 5.41) is 18.6. The minimum absolute atomic E-state index is 0.0763. The maximum atomic E-state index is 12.1. The number of nitrogens with two attached hydrogens (primary N) is 1. The molecule has 5 nitrogen and oxygen atoms in total. The van der Waals surface area contributed by atoms with Gasteiger partial charge in [-0.1, -0.05) is 25.3 Å². The Morgan fingerprint density at radius 3 is 2.50 bits per heavy atom. The number of phenols is 1. The van der Waals surface area contributed by atoms with Gasteiger partial charge in [0.25, 0.3) is 0 Å². The first kappa shape index (κ1) is 15.2. The van der Waals surface area contributed by atoms with Crippen molar-refractivity contribution >= 4 is 17.4 Å². The number of aliphatic carboxylic acids is 1. The molecule has 20 heavy (non-hydrogen) atoms. The smallest absolute Gasteiger partial charge is 0.335 e. The molecule has 0 spiro atoms. The zero-order valence-electron chi connectivity index (χ0n) is 10.8. The first-order valence-corrected chi connectivity index (χ1v) is 5.72. The number of hydrogen-bond donors (Lipinski definition) is 3. The molecule has 0 aliphatic carbocycles. The zero-order chi connectivity index (χ0) is 15.3. The average Bonchev–Trinajstić information content (AvgIpc) is 2.36. The Bertz CT molecular complexity index is 614. The Morgan fingerprint density at radius 2 is 2.00 bits per heavy atom. The Hall–Kier alpha value is -2.82. The lowest BCUT2D eigenvalue weighted by Crippen LogP contribution is -2.08. The lowest BCUT2D eigenvalue weighted by molar-refractivity contribution is -0.132. The lowest BCUT2D eigenvalue weighted by Gasteiger charge is -2.08. The van der Waals surface area contributed by atoms with E-state index < -0.39 is 11.8 Å². The molecule has 0 unspecified atom stereocenters. The number of aromatic hydroxyl groups is 1. The van der Waals surface area contributed by atoms with Crippen molar-refractivity contribution in [2.75, 3.05) is 5.73 Å². The van der Waals surface area contributed by atoms with Crippen LogP contribution in [-0.2, 0) is 4.79 Å². The van der Waals surface area contributed by atoms with Crippen molar-refractivity contribution in [3.05, 3.63) is 60.2 Å². The quantitative estimate of drug-likeness (QED) is 0.319. The van der Waals surface area contributed by atoms with Gasteiger partial charge in [-0.25, -0.2) is 4.79 Å². The van der Waals surface area contributed by atoms with Crippen LogP contribution in [0.4, 0.5) is 5.69 Å². The van der Waals surface area contributed by atoms with Gasteiger partial charge in [0.2, 0.25) is 0 Å². The number of benzene rings is 1. The molecular formula is C15H15NO4. The van der Waals surface area contributed by atoms with Gasteiger partial charge in [0, 0.05) is 18.2 Å². The summed E-state index contributed by atoms with van der Waals surface area (Å²) in [6.07, 6.45) is 2.58. The molecule has 1 rings (SSSR count). The highest BCUT2D eigenvalue weighted by Crippen LogP contribution is 2.24. The average molecular weight is 273 g/mol. The predicted octanol–water partition coefficient (Wildman–Crippen LogP) is 2.30. The molecular weight excluding hydrogens is 258 g/mol. The van der Waals surface area contributed by atoms with E-state index in [9.17, 15) is 14.7 Å². The van der Waals surface area contributed by atoms with Crippen LogP contribution >= 0.6 is 0 Å². The highest BCUT2D eigenvalue weighted by atomic mass is 16.4. The predicted molar refractivity (Wildman–Crippen MR) is 76.5 cm³/mol. The highest BCUT2D eigenvalue weighted by Gasteiger charge is 2.17. The molecule has 0 heterocycles. The van der Waals surface area contributed by atoms with Crippen LogP contribution in [-0.4, -0.2) is 22.0 Å². The van der Waals surface area contributed by atoms with Crippen LogP contribution in [0.5, 0.6) is 5.75 Å². The minimum Gasteiger partial charge on any atom is -0.507 e. The molecule has 0 aromatic heterocycles. The Morgan fingerprint density at radius 1 is 1.35 bits per heavy atom. The number of anilines is 1. The van der Waals surface area contributed by atoms with Crippen LogP contribution in [0, 0.1) is 0 Å². The van der Waals surface area contributed by atoms with E-state index in [1.54, 1.807) is 0 Å². The summed E-state index contributed by atoms with van der Waals surface area (Å²) >= 11 is 0. The SMILES string of the molecule is C=C/C=C(/CC(=O)c1ccc(N)cc1O)C(=C)C(=O)O. The second-order valence-corrected chi connectivity index (χ2v) is 4.09. The number of phenolic OH excluding ortho intramolecular Hbond substituents is 1. The number of ketones is 1. The van der Waals surface area contributed by atoms with E-state index in [4.69, 9.17) is 10.8 Å². The van der Waals surface area contributed by atoms with Gasteiger partial charge in [0.1, 0.15) is 5.75 Å². The Labute approximate surface area is 116 Å². The summed E-state index contributed by atoms with van der Waals surface area (Å²) in [6, 6.07) is 4.13. The van der Waals surface area contributed by atoms with Crippen molar-refractivity contribution in [1.82, 2.24) is 0 Å². The van der Waals surface area contributed by atoms with Gasteiger partial charge in [-0.05, 0) is 17.7 Å². The van der Waals surface area contributed by atoms with Crippen molar-refractivity contribution in [2.24, 2.45) is 0 Å². The Kier molecular flexibility index (Phi) is 4.86. The molecule has 0 amide bonds. The number of hydrogen-bond acceptors (Lipinski definition) is 4. The van der Waals surface area contributed by atoms with Crippen LogP contribution < -0.4 is 5.73 Å². The van der Waals surface area contributed by atoms with Gasteiger partial charge in [0.15, 0.2) is 5.78 Å². The molecule has 0 saturated heterocycles. The molecule has 0 radical (unpaired) electrons. The third-order valence-electron chi connectivity index (χ3n) is 2.64. The van der Waals surface area contributed by atoms with E-state index in [-0.39, 0.29) is 28.9 Å². The summed E-state index contributed by atoms with van der Waals surface area (Å²) in [5.41, 5.74) is 5.93. The van der Waals surface area contributed by atoms with E-state index in [0.717, 1.165) is 0 Å². The molecule has 4 N–H and O–H groups in total.